The molecule has 0 aliphatic rings. The molecule has 0 saturated carbocycles. The van der Waals surface area contributed by atoms with Crippen molar-refractivity contribution < 1.29 is 9.53 Å². The number of benzene rings is 1. The third-order valence-electron chi connectivity index (χ3n) is 3.83. The Bertz CT molecular complexity index is 523. The van der Waals surface area contributed by atoms with Gasteiger partial charge >= 0.3 is 5.97 Å². The Kier molecular flexibility index (Phi) is 7.37. The van der Waals surface area contributed by atoms with Gasteiger partial charge in [-0.3, -0.25) is 4.79 Å². The summed E-state index contributed by atoms with van der Waals surface area (Å²) in [6, 6.07) is 6.11. The van der Waals surface area contributed by atoms with E-state index in [9.17, 15) is 4.79 Å². The van der Waals surface area contributed by atoms with Crippen LogP contribution in [0.15, 0.2) is 29.8 Å². The second kappa shape index (κ2) is 8.77. The smallest absolute Gasteiger partial charge is 0.311 e. The van der Waals surface area contributed by atoms with E-state index in [0.29, 0.717) is 24.0 Å². The van der Waals surface area contributed by atoms with Crippen LogP contribution in [-0.4, -0.2) is 5.97 Å². The number of allylic oxidation sites excluding steroid dienone is 2. The second-order valence-electron chi connectivity index (χ2n) is 6.82. The molecule has 0 amide bonds. The van der Waals surface area contributed by atoms with Crippen LogP contribution in [0, 0.1) is 12.8 Å². The second-order valence-corrected chi connectivity index (χ2v) is 6.82. The maximum Gasteiger partial charge on any atom is 0.311 e. The highest BCUT2D eigenvalue weighted by atomic mass is 16.5. The molecule has 1 aromatic carbocycles. The Morgan fingerprint density at radius 3 is 2.50 bits per heavy atom. The first-order chi connectivity index (χ1) is 10.3. The molecule has 0 aromatic heterocycles. The highest BCUT2D eigenvalue weighted by molar-refractivity contribution is 5.73. The number of esters is 1. The van der Waals surface area contributed by atoms with Gasteiger partial charge in [0.1, 0.15) is 5.75 Å². The van der Waals surface area contributed by atoms with Gasteiger partial charge < -0.3 is 4.74 Å². The molecule has 22 heavy (non-hydrogen) atoms. The molecule has 2 heteroatoms. The number of aryl methyl sites for hydroxylation is 1. The average Bonchev–Trinajstić information content (AvgIpc) is 2.40. The molecule has 122 valence electrons. The predicted octanol–water partition coefficient (Wildman–Crippen LogP) is 5.80. The molecule has 0 bridgehead atoms. The van der Waals surface area contributed by atoms with Crippen LogP contribution >= 0.6 is 0 Å². The van der Waals surface area contributed by atoms with Gasteiger partial charge in [0.25, 0.3) is 0 Å². The minimum atomic E-state index is -0.131. The lowest BCUT2D eigenvalue weighted by Gasteiger charge is -2.13. The molecule has 2 nitrogen and oxygen atoms in total. The summed E-state index contributed by atoms with van der Waals surface area (Å²) in [6.07, 6.45) is 4.74. The van der Waals surface area contributed by atoms with Gasteiger partial charge in [0.2, 0.25) is 0 Å². The van der Waals surface area contributed by atoms with Crippen molar-refractivity contribution in [3.8, 4) is 5.75 Å². The SMILES string of the molecule is CC(C)=CCCC(C)CC(=O)Oc1cc(C(C)C)ccc1C. The van der Waals surface area contributed by atoms with Crippen molar-refractivity contribution in [2.75, 3.05) is 0 Å². The largest absolute Gasteiger partial charge is 0.426 e. The van der Waals surface area contributed by atoms with E-state index in [1.807, 2.05) is 19.1 Å². The fraction of sp³-hybridized carbons (Fsp3) is 0.550. The van der Waals surface area contributed by atoms with Gasteiger partial charge in [-0.05, 0) is 62.6 Å². The van der Waals surface area contributed by atoms with Crippen molar-refractivity contribution in [1.29, 1.82) is 0 Å². The number of carbonyl (C=O) groups excluding carboxylic acids is 1. The van der Waals surface area contributed by atoms with Crippen LogP contribution in [0.25, 0.3) is 0 Å². The summed E-state index contributed by atoms with van der Waals surface area (Å²) < 4.78 is 5.58. The molecule has 0 aliphatic carbocycles. The molecule has 1 unspecified atom stereocenters. The number of hydrogen-bond donors (Lipinski definition) is 0. The third kappa shape index (κ3) is 6.46. The molecule has 1 rings (SSSR count). The van der Waals surface area contributed by atoms with E-state index in [1.54, 1.807) is 0 Å². The van der Waals surface area contributed by atoms with Crippen molar-refractivity contribution in [3.63, 3.8) is 0 Å². The van der Waals surface area contributed by atoms with Gasteiger partial charge in [-0.2, -0.15) is 0 Å². The zero-order chi connectivity index (χ0) is 16.7. The fourth-order valence-electron chi connectivity index (χ4n) is 2.29. The Balaban J connectivity index is 2.58. The zero-order valence-corrected chi connectivity index (χ0v) is 14.9. The lowest BCUT2D eigenvalue weighted by atomic mass is 10.0. The quantitative estimate of drug-likeness (QED) is 0.361. The molecule has 1 aromatic rings. The molecule has 0 heterocycles. The summed E-state index contributed by atoms with van der Waals surface area (Å²) in [7, 11) is 0. The number of hydrogen-bond acceptors (Lipinski definition) is 2. The van der Waals surface area contributed by atoms with E-state index < -0.39 is 0 Å². The summed E-state index contributed by atoms with van der Waals surface area (Å²) in [5, 5.41) is 0. The first-order valence-electron chi connectivity index (χ1n) is 8.24. The summed E-state index contributed by atoms with van der Waals surface area (Å²) >= 11 is 0. The first kappa shape index (κ1) is 18.5. The standard InChI is InChI=1S/C20H30O2/c1-14(2)8-7-9-16(5)12-20(21)22-19-13-18(15(3)4)11-10-17(19)6/h8,10-11,13,15-16H,7,9,12H2,1-6H3. The molecule has 0 N–H and O–H groups in total. The van der Waals surface area contributed by atoms with Gasteiger partial charge in [0.15, 0.2) is 0 Å². The minimum Gasteiger partial charge on any atom is -0.426 e. The molecule has 0 saturated heterocycles. The van der Waals surface area contributed by atoms with Crippen LogP contribution in [0.5, 0.6) is 5.75 Å². The monoisotopic (exact) mass is 302 g/mol. The highest BCUT2D eigenvalue weighted by Gasteiger charge is 2.13. The number of carbonyl (C=O) groups is 1. The Hall–Kier alpha value is -1.57. The highest BCUT2D eigenvalue weighted by Crippen LogP contribution is 2.25. The number of ether oxygens (including phenoxy) is 1. The van der Waals surface area contributed by atoms with Crippen LogP contribution < -0.4 is 4.74 Å². The van der Waals surface area contributed by atoms with Gasteiger partial charge in [-0.1, -0.05) is 44.6 Å². The summed E-state index contributed by atoms with van der Waals surface area (Å²) in [5.74, 6) is 1.35. The lowest BCUT2D eigenvalue weighted by Crippen LogP contribution is -2.13. The normalized spacial score (nSPS) is 12.1. The van der Waals surface area contributed by atoms with Crippen molar-refractivity contribution in [3.05, 3.63) is 41.0 Å². The van der Waals surface area contributed by atoms with Crippen LogP contribution in [-0.2, 0) is 4.79 Å². The molecule has 0 radical (unpaired) electrons. The topological polar surface area (TPSA) is 26.3 Å². The lowest BCUT2D eigenvalue weighted by molar-refractivity contribution is -0.135. The third-order valence-corrected chi connectivity index (χ3v) is 3.83. The fourth-order valence-corrected chi connectivity index (χ4v) is 2.29. The van der Waals surface area contributed by atoms with E-state index in [2.05, 4.69) is 46.8 Å². The van der Waals surface area contributed by atoms with Crippen LogP contribution in [0.2, 0.25) is 0 Å². The summed E-state index contributed by atoms with van der Waals surface area (Å²) in [4.78, 5) is 12.1. The van der Waals surface area contributed by atoms with Gasteiger partial charge in [0.05, 0.1) is 0 Å². The van der Waals surface area contributed by atoms with Crippen molar-refractivity contribution in [2.45, 2.75) is 66.7 Å². The van der Waals surface area contributed by atoms with E-state index in [1.165, 1.54) is 11.1 Å². The zero-order valence-electron chi connectivity index (χ0n) is 14.9. The summed E-state index contributed by atoms with van der Waals surface area (Å²) in [6.45, 7) is 12.6. The Labute approximate surface area is 135 Å². The molecule has 0 aliphatic heterocycles. The number of rotatable bonds is 7. The van der Waals surface area contributed by atoms with Crippen molar-refractivity contribution in [1.82, 2.24) is 0 Å². The van der Waals surface area contributed by atoms with E-state index in [-0.39, 0.29) is 5.97 Å². The van der Waals surface area contributed by atoms with Crippen LogP contribution in [0.3, 0.4) is 0 Å². The van der Waals surface area contributed by atoms with E-state index in [4.69, 9.17) is 4.74 Å². The Morgan fingerprint density at radius 2 is 1.91 bits per heavy atom. The average molecular weight is 302 g/mol. The first-order valence-corrected chi connectivity index (χ1v) is 8.24. The van der Waals surface area contributed by atoms with Crippen LogP contribution in [0.1, 0.15) is 70.9 Å². The van der Waals surface area contributed by atoms with Crippen molar-refractivity contribution in [2.24, 2.45) is 5.92 Å². The van der Waals surface area contributed by atoms with Crippen LogP contribution in [0.4, 0.5) is 0 Å². The van der Waals surface area contributed by atoms with Crippen molar-refractivity contribution >= 4 is 5.97 Å². The summed E-state index contributed by atoms with van der Waals surface area (Å²) in [5.41, 5.74) is 3.54. The minimum absolute atomic E-state index is 0.131. The molecular formula is C20H30O2. The molecular weight excluding hydrogens is 272 g/mol. The van der Waals surface area contributed by atoms with Gasteiger partial charge in [-0.25, -0.2) is 0 Å². The van der Waals surface area contributed by atoms with Gasteiger partial charge in [-0.15, -0.1) is 0 Å². The van der Waals surface area contributed by atoms with E-state index in [0.717, 1.165) is 18.4 Å². The Morgan fingerprint density at radius 1 is 1.23 bits per heavy atom. The molecule has 0 spiro atoms. The maximum absolute atomic E-state index is 12.1. The maximum atomic E-state index is 12.1. The van der Waals surface area contributed by atoms with E-state index >= 15 is 0 Å². The van der Waals surface area contributed by atoms with Gasteiger partial charge in [0, 0.05) is 6.42 Å². The predicted molar refractivity (Wildman–Crippen MR) is 93.3 cm³/mol. The molecule has 1 atom stereocenters. The molecule has 0 fully saturated rings.